The summed E-state index contributed by atoms with van der Waals surface area (Å²) < 4.78 is 63.3. The van der Waals surface area contributed by atoms with Gasteiger partial charge in [0.25, 0.3) is 15.8 Å². The first kappa shape index (κ1) is 35.0. The Bertz CT molecular complexity index is 1080. The fraction of sp³-hybridized carbons (Fsp3) is 0.760. The highest BCUT2D eigenvalue weighted by Crippen LogP contribution is 2.36. The minimum absolute atomic E-state index is 0.0661. The van der Waals surface area contributed by atoms with Gasteiger partial charge in [-0.05, 0) is 91.3 Å². The molecule has 0 aliphatic carbocycles. The Kier molecular flexibility index (Phi) is 11.7. The number of rotatable bonds is 14. The van der Waals surface area contributed by atoms with Gasteiger partial charge in [0.05, 0.1) is 29.0 Å². The van der Waals surface area contributed by atoms with Crippen molar-refractivity contribution in [1.82, 2.24) is 0 Å². The van der Waals surface area contributed by atoms with Crippen molar-refractivity contribution >= 4 is 40.8 Å². The molecule has 0 spiro atoms. The Morgan fingerprint density at radius 2 is 1.32 bits per heavy atom. The molecule has 1 aromatic rings. The van der Waals surface area contributed by atoms with Crippen molar-refractivity contribution < 1.29 is 40.3 Å². The normalized spacial score (nSPS) is 24.8. The van der Waals surface area contributed by atoms with Crippen LogP contribution < -0.4 is 4.74 Å². The van der Waals surface area contributed by atoms with E-state index in [-0.39, 0.29) is 17.9 Å². The quantitative estimate of drug-likeness (QED) is 0.111. The summed E-state index contributed by atoms with van der Waals surface area (Å²) in [4.78, 5) is 10.7. The van der Waals surface area contributed by atoms with Crippen LogP contribution in [-0.2, 0) is 32.3 Å². The first-order chi connectivity index (χ1) is 18.1. The molecule has 2 rings (SSSR count). The van der Waals surface area contributed by atoms with E-state index in [4.69, 9.17) is 26.9 Å². The Hall–Kier alpha value is -1.18. The first-order valence-corrected chi connectivity index (χ1v) is 25.4. The predicted octanol–water partition coefficient (Wildman–Crippen LogP) is 5.50. The van der Waals surface area contributed by atoms with Crippen molar-refractivity contribution in [3.63, 3.8) is 0 Å². The van der Waals surface area contributed by atoms with Gasteiger partial charge in [0.2, 0.25) is 6.29 Å². The zero-order chi connectivity index (χ0) is 30.7. The number of hydrogen-bond acceptors (Lipinski definition) is 10. The first-order valence-electron chi connectivity index (χ1n) is 13.6. The summed E-state index contributed by atoms with van der Waals surface area (Å²) in [5.41, 5.74) is -0.0661. The number of non-ortho nitro benzene ring substituents is 1. The lowest BCUT2D eigenvalue weighted by Crippen LogP contribution is -2.66. The van der Waals surface area contributed by atoms with Crippen molar-refractivity contribution in [3.05, 3.63) is 34.4 Å². The molecule has 11 nitrogen and oxygen atoms in total. The Balaban J connectivity index is 2.57. The van der Waals surface area contributed by atoms with Gasteiger partial charge in [0.15, 0.2) is 25.0 Å². The second-order valence-electron chi connectivity index (χ2n) is 13.2. The van der Waals surface area contributed by atoms with E-state index < -0.39 is 76.8 Å². The van der Waals surface area contributed by atoms with Crippen LogP contribution in [0.1, 0.15) is 20.3 Å². The minimum atomic E-state index is -3.82. The van der Waals surface area contributed by atoms with Crippen LogP contribution in [0.15, 0.2) is 24.3 Å². The van der Waals surface area contributed by atoms with Crippen LogP contribution in [0.3, 0.4) is 0 Å². The second kappa shape index (κ2) is 13.4. The van der Waals surface area contributed by atoms with Gasteiger partial charge in [-0.3, -0.25) is 14.3 Å². The molecule has 0 radical (unpaired) electrons. The number of nitro benzene ring substituents is 1. The summed E-state index contributed by atoms with van der Waals surface area (Å²) in [6, 6.07) is 5.71. The van der Waals surface area contributed by atoms with Gasteiger partial charge in [-0.2, -0.15) is 8.42 Å². The molecule has 40 heavy (non-hydrogen) atoms. The Morgan fingerprint density at radius 1 is 0.850 bits per heavy atom. The van der Waals surface area contributed by atoms with E-state index in [0.29, 0.717) is 5.75 Å². The van der Waals surface area contributed by atoms with Crippen LogP contribution >= 0.6 is 0 Å². The molecule has 1 heterocycles. The van der Waals surface area contributed by atoms with Crippen molar-refractivity contribution in [3.8, 4) is 5.75 Å². The van der Waals surface area contributed by atoms with Crippen LogP contribution in [0.5, 0.6) is 5.75 Å². The number of hydrogen-bond donors (Lipinski definition) is 0. The van der Waals surface area contributed by atoms with Crippen LogP contribution in [0, 0.1) is 10.1 Å². The van der Waals surface area contributed by atoms with Gasteiger partial charge < -0.3 is 22.8 Å². The maximum absolute atomic E-state index is 12.7. The van der Waals surface area contributed by atoms with Crippen LogP contribution in [-0.4, -0.2) is 80.9 Å². The summed E-state index contributed by atoms with van der Waals surface area (Å²) in [5.74, 6) is 0.0795. The molecule has 1 aromatic carbocycles. The largest absolute Gasteiger partial charge is 0.462 e. The molecular formula is C25H47NO10SSi3. The van der Waals surface area contributed by atoms with E-state index >= 15 is 0 Å². The Morgan fingerprint density at radius 3 is 1.77 bits per heavy atom. The maximum atomic E-state index is 12.7. The van der Waals surface area contributed by atoms with Crippen molar-refractivity contribution in [2.24, 2.45) is 0 Å². The standard InChI is InChI=1S/C25H47NO10SSi3/c1-18(2)33-37(29,30)17-16-21-22(34-38(3,4)5)23(35-39(6,7)8)24(36-40(9,10)11)25(32-21)31-20-14-12-19(13-15-20)26(27)28/h12-15,18,21-25H,16-17H2,1-11H3/t21-,22-,23+,24+,25+/m1/s1. The molecule has 1 aliphatic heterocycles. The second-order valence-corrected chi connectivity index (χ2v) is 28.3. The van der Waals surface area contributed by atoms with E-state index in [0.717, 1.165) is 0 Å². The van der Waals surface area contributed by atoms with Gasteiger partial charge in [-0.1, -0.05) is 0 Å². The smallest absolute Gasteiger partial charge is 0.269 e. The highest BCUT2D eigenvalue weighted by Gasteiger charge is 2.52. The molecule has 1 aliphatic rings. The molecule has 0 amide bonds. The molecule has 0 N–H and O–H groups in total. The molecule has 1 fully saturated rings. The molecule has 15 heteroatoms. The van der Waals surface area contributed by atoms with Gasteiger partial charge in [-0.25, -0.2) is 0 Å². The van der Waals surface area contributed by atoms with Crippen molar-refractivity contribution in [2.75, 3.05) is 5.75 Å². The SMILES string of the molecule is CC(C)OS(=O)(=O)CC[C@H]1O[C@H](Oc2ccc([N+](=O)[O-])cc2)[C@@H](O[Si](C)(C)C)[C@@H](O[Si](C)(C)C)[C@@H]1O[Si](C)(C)C. The summed E-state index contributed by atoms with van der Waals surface area (Å²) in [7, 11) is -10.4. The molecule has 0 saturated carbocycles. The molecule has 0 unspecified atom stereocenters. The fourth-order valence-corrected chi connectivity index (χ4v) is 8.67. The van der Waals surface area contributed by atoms with Crippen molar-refractivity contribution in [2.45, 2.75) is 116 Å². The lowest BCUT2D eigenvalue weighted by molar-refractivity contribution is -0.384. The monoisotopic (exact) mass is 637 g/mol. The van der Waals surface area contributed by atoms with Gasteiger partial charge in [-0.15, -0.1) is 0 Å². The van der Waals surface area contributed by atoms with Crippen molar-refractivity contribution in [1.29, 1.82) is 0 Å². The van der Waals surface area contributed by atoms with E-state index in [2.05, 4.69) is 58.9 Å². The zero-order valence-electron chi connectivity index (χ0n) is 25.6. The molecule has 0 bridgehead atoms. The van der Waals surface area contributed by atoms with E-state index in [1.807, 2.05) is 0 Å². The van der Waals surface area contributed by atoms with Gasteiger partial charge >= 0.3 is 0 Å². The number of nitrogens with zero attached hydrogens (tertiary/aromatic N) is 1. The lowest BCUT2D eigenvalue weighted by Gasteiger charge is -2.50. The number of benzene rings is 1. The summed E-state index contributed by atoms with van der Waals surface area (Å²) in [5, 5.41) is 11.1. The third-order valence-electron chi connectivity index (χ3n) is 5.35. The number of ether oxygens (including phenoxy) is 2. The lowest BCUT2D eigenvalue weighted by atomic mass is 9.97. The summed E-state index contributed by atoms with van der Waals surface area (Å²) >= 11 is 0. The number of nitro groups is 1. The summed E-state index contributed by atoms with van der Waals surface area (Å²) in [6.45, 7) is 21.9. The third kappa shape index (κ3) is 12.0. The molecule has 0 aromatic heterocycles. The average Bonchev–Trinajstić information content (AvgIpc) is 2.73. The topological polar surface area (TPSA) is 133 Å². The highest BCUT2D eigenvalue weighted by molar-refractivity contribution is 7.86. The van der Waals surface area contributed by atoms with E-state index in [9.17, 15) is 18.5 Å². The van der Waals surface area contributed by atoms with Crippen LogP contribution in [0.2, 0.25) is 58.9 Å². The Labute approximate surface area is 242 Å². The van der Waals surface area contributed by atoms with Gasteiger partial charge in [0.1, 0.15) is 18.0 Å². The van der Waals surface area contributed by atoms with Crippen LogP contribution in [0.25, 0.3) is 0 Å². The molecule has 230 valence electrons. The highest BCUT2D eigenvalue weighted by atomic mass is 32.2. The third-order valence-corrected chi connectivity index (χ3v) is 9.70. The average molecular weight is 638 g/mol. The molecule has 1 saturated heterocycles. The zero-order valence-corrected chi connectivity index (χ0v) is 29.4. The van der Waals surface area contributed by atoms with E-state index in [1.165, 1.54) is 24.3 Å². The maximum Gasteiger partial charge on any atom is 0.269 e. The summed E-state index contributed by atoms with van der Waals surface area (Å²) in [6.07, 6.45) is -3.96. The molecular weight excluding hydrogens is 591 g/mol. The van der Waals surface area contributed by atoms with Crippen LogP contribution in [0.4, 0.5) is 5.69 Å². The molecule has 5 atom stereocenters. The van der Waals surface area contributed by atoms with Gasteiger partial charge in [0, 0.05) is 12.1 Å². The van der Waals surface area contributed by atoms with E-state index in [1.54, 1.807) is 13.8 Å². The minimum Gasteiger partial charge on any atom is -0.462 e. The fourth-order valence-electron chi connectivity index (χ4n) is 4.21. The predicted molar refractivity (Wildman–Crippen MR) is 162 cm³/mol.